The van der Waals surface area contributed by atoms with Crippen molar-refractivity contribution in [3.63, 3.8) is 0 Å². The summed E-state index contributed by atoms with van der Waals surface area (Å²) < 4.78 is 2.01. The van der Waals surface area contributed by atoms with Crippen LogP contribution in [-0.2, 0) is 6.54 Å². The lowest BCUT2D eigenvalue weighted by atomic mass is 9.85. The quantitative estimate of drug-likeness (QED) is 0.905. The zero-order chi connectivity index (χ0) is 15.2. The highest BCUT2D eigenvalue weighted by atomic mass is 35.5. The molecule has 0 radical (unpaired) electrons. The molecule has 1 fully saturated rings. The second-order valence-corrected chi connectivity index (χ2v) is 6.94. The third-order valence-corrected chi connectivity index (χ3v) is 4.86. The second-order valence-electron chi connectivity index (χ2n) is 6.54. The zero-order valence-electron chi connectivity index (χ0n) is 13.4. The molecule has 1 aromatic heterocycles. The molecule has 0 amide bonds. The first-order valence-corrected chi connectivity index (χ1v) is 8.59. The molecule has 0 spiro atoms. The number of likely N-dealkylation sites (N-methyl/N-ethyl adjacent to an activating group) is 1. The summed E-state index contributed by atoms with van der Waals surface area (Å²) in [5, 5.41) is 5.15. The summed E-state index contributed by atoms with van der Waals surface area (Å²) in [5.41, 5.74) is 7.62. The van der Waals surface area contributed by atoms with Crippen LogP contribution in [0.2, 0.25) is 5.02 Å². The molecule has 5 heteroatoms. The summed E-state index contributed by atoms with van der Waals surface area (Å²) in [6, 6.07) is 0.0141. The fourth-order valence-electron chi connectivity index (χ4n) is 3.25. The first-order valence-electron chi connectivity index (χ1n) is 8.21. The van der Waals surface area contributed by atoms with Gasteiger partial charge < -0.3 is 10.6 Å². The van der Waals surface area contributed by atoms with Crippen LogP contribution in [0.15, 0.2) is 6.20 Å². The van der Waals surface area contributed by atoms with E-state index in [1.165, 1.54) is 44.9 Å². The Morgan fingerprint density at radius 1 is 1.29 bits per heavy atom. The summed E-state index contributed by atoms with van der Waals surface area (Å²) in [6.07, 6.45) is 10.8. The number of halogens is 1. The summed E-state index contributed by atoms with van der Waals surface area (Å²) in [6.45, 7) is 1.79. The standard InChI is InChI=1S/C16H29ClN4/c1-20(2)10-11-21-16(14(17)12-19-21)15(18)13-8-6-4-3-5-7-9-13/h12-13,15H,3-11,18H2,1-2H3. The molecular weight excluding hydrogens is 284 g/mol. The number of aromatic nitrogens is 2. The topological polar surface area (TPSA) is 47.1 Å². The summed E-state index contributed by atoms with van der Waals surface area (Å²) >= 11 is 6.37. The Hall–Kier alpha value is -0.580. The predicted octanol–water partition coefficient (Wildman–Crippen LogP) is 3.46. The lowest BCUT2D eigenvalue weighted by Crippen LogP contribution is -2.27. The van der Waals surface area contributed by atoms with Crippen molar-refractivity contribution in [2.45, 2.75) is 57.5 Å². The van der Waals surface area contributed by atoms with E-state index in [2.05, 4.69) is 24.1 Å². The summed E-state index contributed by atoms with van der Waals surface area (Å²) in [5.74, 6) is 0.539. The highest BCUT2D eigenvalue weighted by Crippen LogP contribution is 2.34. The molecule has 1 saturated carbocycles. The van der Waals surface area contributed by atoms with E-state index in [-0.39, 0.29) is 6.04 Å². The molecule has 2 N–H and O–H groups in total. The lowest BCUT2D eigenvalue weighted by Gasteiger charge is -2.27. The summed E-state index contributed by atoms with van der Waals surface area (Å²) in [4.78, 5) is 2.15. The van der Waals surface area contributed by atoms with Crippen LogP contribution < -0.4 is 5.73 Å². The van der Waals surface area contributed by atoms with Gasteiger partial charge in [-0.1, -0.05) is 43.7 Å². The fourth-order valence-corrected chi connectivity index (χ4v) is 3.51. The molecule has 1 aromatic rings. The van der Waals surface area contributed by atoms with Crippen molar-refractivity contribution in [3.05, 3.63) is 16.9 Å². The molecule has 2 rings (SSSR count). The van der Waals surface area contributed by atoms with Gasteiger partial charge in [0.1, 0.15) is 0 Å². The van der Waals surface area contributed by atoms with E-state index in [1.54, 1.807) is 6.20 Å². The smallest absolute Gasteiger partial charge is 0.0834 e. The van der Waals surface area contributed by atoms with Gasteiger partial charge in [0.05, 0.1) is 29.5 Å². The van der Waals surface area contributed by atoms with E-state index in [9.17, 15) is 0 Å². The largest absolute Gasteiger partial charge is 0.322 e. The number of hydrogen-bond donors (Lipinski definition) is 1. The molecule has 1 aliphatic carbocycles. The Morgan fingerprint density at radius 3 is 2.52 bits per heavy atom. The van der Waals surface area contributed by atoms with E-state index >= 15 is 0 Å². The molecule has 4 nitrogen and oxygen atoms in total. The Balaban J connectivity index is 2.09. The predicted molar refractivity (Wildman–Crippen MR) is 88.5 cm³/mol. The monoisotopic (exact) mass is 312 g/mol. The van der Waals surface area contributed by atoms with Crippen molar-refractivity contribution < 1.29 is 0 Å². The maximum Gasteiger partial charge on any atom is 0.0834 e. The first-order chi connectivity index (χ1) is 10.1. The average Bonchev–Trinajstić information content (AvgIpc) is 2.76. The number of nitrogens with zero attached hydrogens (tertiary/aromatic N) is 3. The Morgan fingerprint density at radius 2 is 1.90 bits per heavy atom. The van der Waals surface area contributed by atoms with Crippen LogP contribution in [-0.4, -0.2) is 35.3 Å². The van der Waals surface area contributed by atoms with Crippen LogP contribution in [0, 0.1) is 5.92 Å². The minimum Gasteiger partial charge on any atom is -0.322 e. The maximum atomic E-state index is 6.58. The van der Waals surface area contributed by atoms with Crippen LogP contribution in [0.3, 0.4) is 0 Å². The summed E-state index contributed by atoms with van der Waals surface area (Å²) in [7, 11) is 4.14. The highest BCUT2D eigenvalue weighted by molar-refractivity contribution is 6.31. The number of nitrogens with two attached hydrogens (primary N) is 1. The van der Waals surface area contributed by atoms with E-state index in [1.807, 2.05) is 4.68 Å². The molecule has 120 valence electrons. The SMILES string of the molecule is CN(C)CCn1ncc(Cl)c1C(N)C1CCCCCCC1. The Labute approximate surface area is 133 Å². The Kier molecular flexibility index (Phi) is 6.52. The van der Waals surface area contributed by atoms with Crippen molar-refractivity contribution in [1.82, 2.24) is 14.7 Å². The van der Waals surface area contributed by atoms with Gasteiger partial charge in [-0.05, 0) is 32.9 Å². The van der Waals surface area contributed by atoms with Crippen LogP contribution in [0.4, 0.5) is 0 Å². The average molecular weight is 313 g/mol. The molecule has 1 heterocycles. The molecule has 0 aliphatic heterocycles. The molecule has 0 aromatic carbocycles. The third kappa shape index (κ3) is 4.70. The van der Waals surface area contributed by atoms with E-state index in [0.29, 0.717) is 5.92 Å². The second kappa shape index (κ2) is 8.16. The maximum absolute atomic E-state index is 6.58. The van der Waals surface area contributed by atoms with Crippen molar-refractivity contribution in [3.8, 4) is 0 Å². The number of rotatable bonds is 5. The molecule has 1 atom stereocenters. The van der Waals surface area contributed by atoms with Gasteiger partial charge in [-0.15, -0.1) is 0 Å². The van der Waals surface area contributed by atoms with Crippen LogP contribution in [0.1, 0.15) is 56.7 Å². The fraction of sp³-hybridized carbons (Fsp3) is 0.812. The molecule has 0 saturated heterocycles. The molecule has 0 bridgehead atoms. The van der Waals surface area contributed by atoms with Crippen LogP contribution >= 0.6 is 11.6 Å². The highest BCUT2D eigenvalue weighted by Gasteiger charge is 2.25. The Bertz CT molecular complexity index is 422. The van der Waals surface area contributed by atoms with Gasteiger partial charge in [0.25, 0.3) is 0 Å². The number of hydrogen-bond acceptors (Lipinski definition) is 3. The van der Waals surface area contributed by atoms with E-state index in [0.717, 1.165) is 23.8 Å². The van der Waals surface area contributed by atoms with Crippen molar-refractivity contribution in [2.24, 2.45) is 11.7 Å². The van der Waals surface area contributed by atoms with Gasteiger partial charge in [-0.3, -0.25) is 4.68 Å². The molecule has 21 heavy (non-hydrogen) atoms. The lowest BCUT2D eigenvalue weighted by molar-refractivity contribution is 0.308. The van der Waals surface area contributed by atoms with Crippen molar-refractivity contribution in [1.29, 1.82) is 0 Å². The zero-order valence-corrected chi connectivity index (χ0v) is 14.1. The molecule has 1 unspecified atom stereocenters. The molecule has 1 aliphatic rings. The van der Waals surface area contributed by atoms with Crippen LogP contribution in [0.25, 0.3) is 0 Å². The minimum atomic E-state index is 0.0141. The van der Waals surface area contributed by atoms with E-state index < -0.39 is 0 Å². The van der Waals surface area contributed by atoms with Gasteiger partial charge in [0.15, 0.2) is 0 Å². The first kappa shape index (κ1) is 16.8. The normalized spacial score (nSPS) is 19.5. The van der Waals surface area contributed by atoms with Gasteiger partial charge in [0.2, 0.25) is 0 Å². The molecular formula is C16H29ClN4. The van der Waals surface area contributed by atoms with Crippen molar-refractivity contribution >= 4 is 11.6 Å². The van der Waals surface area contributed by atoms with Gasteiger partial charge in [0, 0.05) is 6.54 Å². The minimum absolute atomic E-state index is 0.0141. The van der Waals surface area contributed by atoms with Gasteiger partial charge in [-0.2, -0.15) is 5.10 Å². The van der Waals surface area contributed by atoms with Crippen LogP contribution in [0.5, 0.6) is 0 Å². The van der Waals surface area contributed by atoms with Gasteiger partial charge >= 0.3 is 0 Å². The third-order valence-electron chi connectivity index (χ3n) is 4.57. The van der Waals surface area contributed by atoms with E-state index in [4.69, 9.17) is 17.3 Å². The van der Waals surface area contributed by atoms with Crippen molar-refractivity contribution in [2.75, 3.05) is 20.6 Å². The van der Waals surface area contributed by atoms with Gasteiger partial charge in [-0.25, -0.2) is 0 Å².